The first-order chi connectivity index (χ1) is 8.19. The molecule has 94 valence electrons. The van der Waals surface area contributed by atoms with Crippen LogP contribution in [0.5, 0.6) is 17.2 Å². The van der Waals surface area contributed by atoms with Crippen LogP contribution in [0.15, 0.2) is 12.1 Å². The first kappa shape index (κ1) is 13.2. The van der Waals surface area contributed by atoms with E-state index in [1.165, 1.54) is 21.3 Å². The van der Waals surface area contributed by atoms with Gasteiger partial charge in [-0.25, -0.2) is 4.79 Å². The summed E-state index contributed by atoms with van der Waals surface area (Å²) in [6, 6.07) is 3.21. The van der Waals surface area contributed by atoms with E-state index in [9.17, 15) is 4.79 Å². The lowest BCUT2D eigenvalue weighted by Gasteiger charge is -2.14. The smallest absolute Gasteiger partial charge is 0.342 e. The molecule has 0 bridgehead atoms. The Morgan fingerprint density at radius 3 is 2.18 bits per heavy atom. The van der Waals surface area contributed by atoms with Gasteiger partial charge in [0, 0.05) is 0 Å². The Hall–Kier alpha value is -1.91. The van der Waals surface area contributed by atoms with E-state index in [-0.39, 0.29) is 0 Å². The zero-order valence-electron chi connectivity index (χ0n) is 10.4. The predicted molar refractivity (Wildman–Crippen MR) is 62.1 cm³/mol. The standard InChI is InChI=1S/C12H16O5/c1-5-17-12(13)8-6-7-9(14-2)11(16-4)10(8)15-3/h6-7H,5H2,1-4H3. The van der Waals surface area contributed by atoms with E-state index in [2.05, 4.69) is 0 Å². The van der Waals surface area contributed by atoms with Gasteiger partial charge < -0.3 is 18.9 Å². The number of hydrogen-bond donors (Lipinski definition) is 0. The van der Waals surface area contributed by atoms with Crippen LogP contribution >= 0.6 is 0 Å². The summed E-state index contributed by atoms with van der Waals surface area (Å²) in [5.74, 6) is 0.730. The monoisotopic (exact) mass is 240 g/mol. The molecule has 0 spiro atoms. The van der Waals surface area contributed by atoms with E-state index >= 15 is 0 Å². The summed E-state index contributed by atoms with van der Waals surface area (Å²) in [6.07, 6.45) is 0. The molecular weight excluding hydrogens is 224 g/mol. The molecule has 17 heavy (non-hydrogen) atoms. The maximum atomic E-state index is 11.7. The Labute approximate surface area is 100 Å². The number of hydrogen-bond acceptors (Lipinski definition) is 5. The summed E-state index contributed by atoms with van der Waals surface area (Å²) in [5, 5.41) is 0. The Balaban J connectivity index is 3.27. The third kappa shape index (κ3) is 2.61. The molecule has 0 aliphatic carbocycles. The highest BCUT2D eigenvalue weighted by Crippen LogP contribution is 2.39. The van der Waals surface area contributed by atoms with Gasteiger partial charge in [-0.2, -0.15) is 0 Å². The SMILES string of the molecule is CCOC(=O)c1ccc(OC)c(OC)c1OC. The third-order valence-corrected chi connectivity index (χ3v) is 2.20. The summed E-state index contributed by atoms with van der Waals surface area (Å²) < 4.78 is 20.4. The number of rotatable bonds is 5. The highest BCUT2D eigenvalue weighted by molar-refractivity contribution is 5.94. The fourth-order valence-electron chi connectivity index (χ4n) is 1.47. The van der Waals surface area contributed by atoms with Crippen LogP contribution in [0.4, 0.5) is 0 Å². The lowest BCUT2D eigenvalue weighted by molar-refractivity contribution is 0.0522. The molecular formula is C12H16O5. The van der Waals surface area contributed by atoms with Crippen molar-refractivity contribution in [3.63, 3.8) is 0 Å². The van der Waals surface area contributed by atoms with Crippen LogP contribution in [0.1, 0.15) is 17.3 Å². The molecule has 0 fully saturated rings. The highest BCUT2D eigenvalue weighted by atomic mass is 16.5. The van der Waals surface area contributed by atoms with Gasteiger partial charge in [-0.1, -0.05) is 0 Å². The molecule has 0 radical (unpaired) electrons. The second-order valence-corrected chi connectivity index (χ2v) is 3.10. The fourth-order valence-corrected chi connectivity index (χ4v) is 1.47. The molecule has 1 aromatic carbocycles. The van der Waals surface area contributed by atoms with Gasteiger partial charge >= 0.3 is 5.97 Å². The van der Waals surface area contributed by atoms with Crippen molar-refractivity contribution in [2.24, 2.45) is 0 Å². The summed E-state index contributed by atoms with van der Waals surface area (Å²) in [4.78, 5) is 11.7. The first-order valence-corrected chi connectivity index (χ1v) is 5.15. The van der Waals surface area contributed by atoms with Crippen molar-refractivity contribution in [3.05, 3.63) is 17.7 Å². The topological polar surface area (TPSA) is 54.0 Å². The Kier molecular flexibility index (Phi) is 4.63. The molecule has 0 N–H and O–H groups in total. The molecule has 0 atom stereocenters. The lowest BCUT2D eigenvalue weighted by atomic mass is 10.1. The normalized spacial score (nSPS) is 9.65. The molecule has 0 aromatic heterocycles. The molecule has 5 heteroatoms. The van der Waals surface area contributed by atoms with E-state index in [1.807, 2.05) is 0 Å². The molecule has 0 saturated heterocycles. The maximum absolute atomic E-state index is 11.7. The molecule has 1 rings (SSSR count). The van der Waals surface area contributed by atoms with Crippen molar-refractivity contribution in [2.75, 3.05) is 27.9 Å². The van der Waals surface area contributed by atoms with Gasteiger partial charge in [0.25, 0.3) is 0 Å². The summed E-state index contributed by atoms with van der Waals surface area (Å²) >= 11 is 0. The quantitative estimate of drug-likeness (QED) is 0.735. The van der Waals surface area contributed by atoms with Crippen LogP contribution in [0.3, 0.4) is 0 Å². The average molecular weight is 240 g/mol. The number of carbonyl (C=O) groups excluding carboxylic acids is 1. The van der Waals surface area contributed by atoms with Gasteiger partial charge in [0.1, 0.15) is 5.56 Å². The van der Waals surface area contributed by atoms with E-state index < -0.39 is 5.97 Å². The Morgan fingerprint density at radius 2 is 1.71 bits per heavy atom. The van der Waals surface area contributed by atoms with Gasteiger partial charge in [0.15, 0.2) is 11.5 Å². The summed E-state index contributed by atoms with van der Waals surface area (Å²) in [5.41, 5.74) is 0.312. The number of methoxy groups -OCH3 is 3. The van der Waals surface area contributed by atoms with Crippen LogP contribution in [0, 0.1) is 0 Å². The van der Waals surface area contributed by atoms with Crippen LogP contribution in [-0.4, -0.2) is 33.9 Å². The van der Waals surface area contributed by atoms with Crippen molar-refractivity contribution in [1.82, 2.24) is 0 Å². The maximum Gasteiger partial charge on any atom is 0.342 e. The molecule has 0 amide bonds. The second-order valence-electron chi connectivity index (χ2n) is 3.10. The fraction of sp³-hybridized carbons (Fsp3) is 0.417. The molecule has 1 aromatic rings. The van der Waals surface area contributed by atoms with Gasteiger partial charge in [-0.15, -0.1) is 0 Å². The third-order valence-electron chi connectivity index (χ3n) is 2.20. The van der Waals surface area contributed by atoms with E-state index in [0.29, 0.717) is 29.4 Å². The second kappa shape index (κ2) is 5.98. The van der Waals surface area contributed by atoms with Crippen molar-refractivity contribution in [3.8, 4) is 17.2 Å². The van der Waals surface area contributed by atoms with Gasteiger partial charge in [0.05, 0.1) is 27.9 Å². The number of benzene rings is 1. The van der Waals surface area contributed by atoms with E-state index in [4.69, 9.17) is 18.9 Å². The molecule has 5 nitrogen and oxygen atoms in total. The minimum absolute atomic E-state index is 0.302. The highest BCUT2D eigenvalue weighted by Gasteiger charge is 2.21. The van der Waals surface area contributed by atoms with Gasteiger partial charge in [-0.3, -0.25) is 0 Å². The Bertz CT molecular complexity index is 400. The minimum atomic E-state index is -0.453. The lowest BCUT2D eigenvalue weighted by Crippen LogP contribution is -2.08. The van der Waals surface area contributed by atoms with Crippen molar-refractivity contribution < 1.29 is 23.7 Å². The zero-order valence-corrected chi connectivity index (χ0v) is 10.4. The van der Waals surface area contributed by atoms with Crippen LogP contribution < -0.4 is 14.2 Å². The largest absolute Gasteiger partial charge is 0.493 e. The minimum Gasteiger partial charge on any atom is -0.493 e. The molecule has 0 aliphatic heterocycles. The summed E-state index contributed by atoms with van der Waals surface area (Å²) in [7, 11) is 4.46. The van der Waals surface area contributed by atoms with Gasteiger partial charge in [-0.05, 0) is 19.1 Å². The van der Waals surface area contributed by atoms with Crippen LogP contribution in [0.2, 0.25) is 0 Å². The molecule has 0 saturated carbocycles. The van der Waals surface area contributed by atoms with Crippen molar-refractivity contribution in [1.29, 1.82) is 0 Å². The van der Waals surface area contributed by atoms with Crippen LogP contribution in [-0.2, 0) is 4.74 Å². The summed E-state index contributed by atoms with van der Waals surface area (Å²) in [6.45, 7) is 2.04. The zero-order chi connectivity index (χ0) is 12.8. The number of ether oxygens (including phenoxy) is 4. The van der Waals surface area contributed by atoms with Crippen LogP contribution in [0.25, 0.3) is 0 Å². The average Bonchev–Trinajstić information content (AvgIpc) is 2.36. The predicted octanol–water partition coefficient (Wildman–Crippen LogP) is 1.89. The van der Waals surface area contributed by atoms with E-state index in [1.54, 1.807) is 19.1 Å². The van der Waals surface area contributed by atoms with Gasteiger partial charge in [0.2, 0.25) is 5.75 Å². The number of esters is 1. The van der Waals surface area contributed by atoms with Crippen molar-refractivity contribution >= 4 is 5.97 Å². The molecule has 0 aliphatic rings. The van der Waals surface area contributed by atoms with Crippen molar-refractivity contribution in [2.45, 2.75) is 6.92 Å². The molecule has 0 unspecified atom stereocenters. The molecule has 0 heterocycles. The van der Waals surface area contributed by atoms with E-state index in [0.717, 1.165) is 0 Å². The Morgan fingerprint density at radius 1 is 1.06 bits per heavy atom. The first-order valence-electron chi connectivity index (χ1n) is 5.15. The number of carbonyl (C=O) groups is 1.